The number of nitrogens with zero attached hydrogens (tertiary/aromatic N) is 3. The maximum Gasteiger partial charge on any atom is 0.279 e. The zero-order valence-corrected chi connectivity index (χ0v) is 17.0. The summed E-state index contributed by atoms with van der Waals surface area (Å²) < 4.78 is 1.33. The number of amides is 1. The quantitative estimate of drug-likeness (QED) is 0.485. The summed E-state index contributed by atoms with van der Waals surface area (Å²) >= 11 is 1.76. The van der Waals surface area contributed by atoms with Gasteiger partial charge in [-0.05, 0) is 42.5 Å². The van der Waals surface area contributed by atoms with Crippen LogP contribution in [0.4, 0.5) is 5.69 Å². The summed E-state index contributed by atoms with van der Waals surface area (Å²) in [5, 5.41) is 5.62. The molecule has 6 heteroatoms. The highest BCUT2D eigenvalue weighted by molar-refractivity contribution is 7.99. The highest BCUT2D eigenvalue weighted by Crippen LogP contribution is 2.34. The first-order valence-electron chi connectivity index (χ1n) is 9.85. The second-order valence-corrected chi connectivity index (χ2v) is 8.21. The van der Waals surface area contributed by atoms with Crippen LogP contribution in [0.15, 0.2) is 88.6 Å². The Kier molecular flexibility index (Phi) is 4.85. The van der Waals surface area contributed by atoms with Gasteiger partial charge in [0.15, 0.2) is 5.69 Å². The molecule has 1 amide bonds. The smallest absolute Gasteiger partial charge is 0.279 e. The zero-order valence-electron chi connectivity index (χ0n) is 16.2. The topological polar surface area (TPSA) is 55.2 Å². The van der Waals surface area contributed by atoms with Crippen LogP contribution in [0.3, 0.4) is 0 Å². The molecular formula is C24H19N3O2S. The molecule has 0 radical (unpaired) electrons. The molecule has 5 nitrogen and oxygen atoms in total. The monoisotopic (exact) mass is 413 g/mol. The van der Waals surface area contributed by atoms with Crippen molar-refractivity contribution in [1.29, 1.82) is 0 Å². The van der Waals surface area contributed by atoms with E-state index in [0.29, 0.717) is 23.0 Å². The van der Waals surface area contributed by atoms with Gasteiger partial charge in [-0.3, -0.25) is 9.59 Å². The molecule has 4 aromatic rings. The van der Waals surface area contributed by atoms with Gasteiger partial charge < -0.3 is 4.90 Å². The molecule has 1 aliphatic rings. The third-order valence-corrected chi connectivity index (χ3v) is 6.34. The van der Waals surface area contributed by atoms with Crippen molar-refractivity contribution in [3.63, 3.8) is 0 Å². The summed E-state index contributed by atoms with van der Waals surface area (Å²) in [4.78, 5) is 29.8. The normalized spacial score (nSPS) is 13.7. The minimum absolute atomic E-state index is 0.189. The molecule has 1 aliphatic heterocycles. The number of aromatic nitrogens is 2. The molecule has 1 aromatic heterocycles. The molecule has 0 spiro atoms. The van der Waals surface area contributed by atoms with E-state index < -0.39 is 0 Å². The van der Waals surface area contributed by atoms with Crippen molar-refractivity contribution < 1.29 is 4.79 Å². The van der Waals surface area contributed by atoms with Crippen molar-refractivity contribution in [3.05, 3.63) is 94.9 Å². The third kappa shape index (κ3) is 3.19. The van der Waals surface area contributed by atoms with E-state index in [1.54, 1.807) is 28.8 Å². The minimum Gasteiger partial charge on any atom is -0.306 e. The van der Waals surface area contributed by atoms with Crippen molar-refractivity contribution >= 4 is 34.1 Å². The van der Waals surface area contributed by atoms with E-state index in [0.717, 1.165) is 22.8 Å². The number of para-hydroxylation sites is 2. The maximum atomic E-state index is 13.8. The van der Waals surface area contributed by atoms with Gasteiger partial charge in [0.05, 0.1) is 16.8 Å². The van der Waals surface area contributed by atoms with Crippen molar-refractivity contribution in [3.8, 4) is 5.69 Å². The van der Waals surface area contributed by atoms with Gasteiger partial charge in [-0.2, -0.15) is 9.78 Å². The number of hydrogen-bond donors (Lipinski definition) is 0. The highest BCUT2D eigenvalue weighted by atomic mass is 32.2. The van der Waals surface area contributed by atoms with Crippen LogP contribution in [0.2, 0.25) is 0 Å². The van der Waals surface area contributed by atoms with Crippen molar-refractivity contribution in [2.24, 2.45) is 0 Å². The van der Waals surface area contributed by atoms with Gasteiger partial charge in [-0.25, -0.2) is 0 Å². The zero-order chi connectivity index (χ0) is 20.5. The first kappa shape index (κ1) is 18.6. The Morgan fingerprint density at radius 2 is 1.57 bits per heavy atom. The Balaban J connectivity index is 1.72. The Hall–Kier alpha value is -3.38. The van der Waals surface area contributed by atoms with Gasteiger partial charge in [-0.1, -0.05) is 48.5 Å². The van der Waals surface area contributed by atoms with Crippen molar-refractivity contribution in [2.75, 3.05) is 17.2 Å². The van der Waals surface area contributed by atoms with E-state index in [-0.39, 0.29) is 17.2 Å². The van der Waals surface area contributed by atoms with Gasteiger partial charge in [0.2, 0.25) is 0 Å². The standard InChI is InChI=1S/C24H19N3O2S/c28-23-19-12-5-4-11-18(19)22(25-27(23)17-9-2-1-3-10-17)24(29)26-15-8-16-30-21-14-7-6-13-20(21)26/h1-7,9-14H,8,15-16H2. The number of rotatable bonds is 2. The lowest BCUT2D eigenvalue weighted by atomic mass is 10.1. The second kappa shape index (κ2) is 7.80. The molecule has 148 valence electrons. The fourth-order valence-electron chi connectivity index (χ4n) is 3.76. The lowest BCUT2D eigenvalue weighted by molar-refractivity contribution is 0.0982. The lowest BCUT2D eigenvalue weighted by Gasteiger charge is -2.23. The number of fused-ring (bicyclic) bond motifs is 2. The molecule has 30 heavy (non-hydrogen) atoms. The molecule has 3 aromatic carbocycles. The first-order valence-corrected chi connectivity index (χ1v) is 10.8. The van der Waals surface area contributed by atoms with Gasteiger partial charge in [0.25, 0.3) is 11.5 Å². The number of carbonyl (C=O) groups is 1. The predicted molar refractivity (Wildman–Crippen MR) is 121 cm³/mol. The summed E-state index contributed by atoms with van der Waals surface area (Å²) in [6, 6.07) is 24.4. The molecule has 0 saturated carbocycles. The SMILES string of the molecule is O=C(c1nn(-c2ccccc2)c(=O)c2ccccc12)N1CCCSc2ccccc21. The molecule has 0 saturated heterocycles. The fraction of sp³-hybridized carbons (Fsp3) is 0.125. The number of hydrogen-bond acceptors (Lipinski definition) is 4. The van der Waals surface area contributed by atoms with Gasteiger partial charge in [0.1, 0.15) is 0 Å². The minimum atomic E-state index is -0.236. The number of benzene rings is 3. The fourth-order valence-corrected chi connectivity index (χ4v) is 4.75. The van der Waals surface area contributed by atoms with Crippen molar-refractivity contribution in [1.82, 2.24) is 9.78 Å². The van der Waals surface area contributed by atoms with Gasteiger partial charge >= 0.3 is 0 Å². The third-order valence-electron chi connectivity index (χ3n) is 5.19. The second-order valence-electron chi connectivity index (χ2n) is 7.07. The molecule has 0 atom stereocenters. The van der Waals surface area contributed by atoms with Crippen LogP contribution in [-0.2, 0) is 0 Å². The molecule has 0 aliphatic carbocycles. The Labute approximate surface area is 178 Å². The molecule has 2 heterocycles. The van der Waals surface area contributed by atoms with Crippen LogP contribution in [0.25, 0.3) is 16.5 Å². The molecular weight excluding hydrogens is 394 g/mol. The van der Waals surface area contributed by atoms with Crippen LogP contribution >= 0.6 is 11.8 Å². The lowest BCUT2D eigenvalue weighted by Crippen LogP contribution is -2.35. The Morgan fingerprint density at radius 1 is 0.867 bits per heavy atom. The average Bonchev–Trinajstić information content (AvgIpc) is 3.02. The van der Waals surface area contributed by atoms with Crippen LogP contribution in [-0.4, -0.2) is 28.0 Å². The summed E-state index contributed by atoms with van der Waals surface area (Å²) in [6.45, 7) is 0.614. The van der Waals surface area contributed by atoms with Crippen molar-refractivity contribution in [2.45, 2.75) is 11.3 Å². The molecule has 0 unspecified atom stereocenters. The van der Waals surface area contributed by atoms with Crippen LogP contribution in [0, 0.1) is 0 Å². The maximum absolute atomic E-state index is 13.8. The number of anilines is 1. The Bertz CT molecular complexity index is 1300. The van der Waals surface area contributed by atoms with E-state index in [1.165, 1.54) is 4.68 Å². The molecule has 0 bridgehead atoms. The molecule has 0 fully saturated rings. The summed E-state index contributed by atoms with van der Waals surface area (Å²) in [6.07, 6.45) is 0.890. The first-order chi connectivity index (χ1) is 14.7. The van der Waals surface area contributed by atoms with Gasteiger partial charge in [0, 0.05) is 16.8 Å². The van der Waals surface area contributed by atoms with E-state index in [2.05, 4.69) is 5.10 Å². The summed E-state index contributed by atoms with van der Waals surface area (Å²) in [5.41, 5.74) is 1.58. The number of carbonyl (C=O) groups excluding carboxylic acids is 1. The largest absolute Gasteiger partial charge is 0.306 e. The van der Waals surface area contributed by atoms with Crippen LogP contribution in [0.5, 0.6) is 0 Å². The number of thioether (sulfide) groups is 1. The van der Waals surface area contributed by atoms with E-state index in [4.69, 9.17) is 0 Å². The molecule has 0 N–H and O–H groups in total. The van der Waals surface area contributed by atoms with E-state index in [1.807, 2.05) is 66.7 Å². The average molecular weight is 414 g/mol. The Morgan fingerprint density at radius 3 is 2.40 bits per heavy atom. The van der Waals surface area contributed by atoms with Gasteiger partial charge in [-0.15, -0.1) is 11.8 Å². The van der Waals surface area contributed by atoms with Crippen LogP contribution < -0.4 is 10.5 Å². The van der Waals surface area contributed by atoms with E-state index in [9.17, 15) is 9.59 Å². The van der Waals surface area contributed by atoms with Crippen LogP contribution in [0.1, 0.15) is 16.9 Å². The summed E-state index contributed by atoms with van der Waals surface area (Å²) in [5.74, 6) is 0.768. The predicted octanol–water partition coefficient (Wildman–Crippen LogP) is 4.53. The van der Waals surface area contributed by atoms with E-state index >= 15 is 0 Å². The summed E-state index contributed by atoms with van der Waals surface area (Å²) in [7, 11) is 0. The highest BCUT2D eigenvalue weighted by Gasteiger charge is 2.26. The molecule has 5 rings (SSSR count).